The van der Waals surface area contributed by atoms with Crippen molar-refractivity contribution in [2.75, 3.05) is 39.4 Å². The highest BCUT2D eigenvalue weighted by Crippen LogP contribution is 2.46. The molecule has 3 heterocycles. The van der Waals surface area contributed by atoms with Crippen molar-refractivity contribution < 1.29 is 9.47 Å². The molecule has 0 aliphatic carbocycles. The van der Waals surface area contributed by atoms with Crippen molar-refractivity contribution in [3.8, 4) is 11.5 Å². The van der Waals surface area contributed by atoms with E-state index in [0.717, 1.165) is 54.1 Å². The molecule has 3 aliphatic heterocycles. The zero-order valence-corrected chi connectivity index (χ0v) is 14.6. The van der Waals surface area contributed by atoms with Crippen molar-refractivity contribution in [3.63, 3.8) is 0 Å². The minimum absolute atomic E-state index is 0.591. The van der Waals surface area contributed by atoms with Gasteiger partial charge in [-0.1, -0.05) is 30.0 Å². The van der Waals surface area contributed by atoms with Crippen LogP contribution in [-0.4, -0.2) is 50.1 Å². The number of nitrogens with one attached hydrogen (secondary N) is 1. The van der Waals surface area contributed by atoms with E-state index in [-0.39, 0.29) is 0 Å². The normalized spacial score (nSPS) is 18.7. The molecule has 0 bridgehead atoms. The van der Waals surface area contributed by atoms with Gasteiger partial charge in [0, 0.05) is 53.7 Å². The van der Waals surface area contributed by atoms with E-state index in [9.17, 15) is 0 Å². The van der Waals surface area contributed by atoms with Crippen LogP contribution >= 0.6 is 11.8 Å². The van der Waals surface area contributed by atoms with Gasteiger partial charge in [0.25, 0.3) is 0 Å². The minimum atomic E-state index is 0.591. The fraction of sp³-hybridized carbons (Fsp3) is 0.316. The van der Waals surface area contributed by atoms with Gasteiger partial charge in [-0.15, -0.1) is 0 Å². The lowest BCUT2D eigenvalue weighted by Gasteiger charge is -2.30. The van der Waals surface area contributed by atoms with E-state index in [1.807, 2.05) is 6.07 Å². The summed E-state index contributed by atoms with van der Waals surface area (Å²) in [5, 5.41) is 3.42. The summed E-state index contributed by atoms with van der Waals surface area (Å²) in [7, 11) is 0. The first-order valence-electron chi connectivity index (χ1n) is 8.64. The summed E-state index contributed by atoms with van der Waals surface area (Å²) in [6.45, 7) is 5.11. The molecule has 25 heavy (non-hydrogen) atoms. The molecule has 1 fully saturated rings. The summed E-state index contributed by atoms with van der Waals surface area (Å²) in [5.74, 6) is 2.66. The molecule has 0 radical (unpaired) electrons. The maximum Gasteiger partial charge on any atom is 0.163 e. The van der Waals surface area contributed by atoms with Crippen molar-refractivity contribution in [3.05, 3.63) is 42.0 Å². The average Bonchev–Trinajstić information content (AvgIpc) is 2.83. The van der Waals surface area contributed by atoms with Crippen molar-refractivity contribution in [2.24, 2.45) is 4.99 Å². The number of ether oxygens (including phenoxy) is 2. The molecule has 0 saturated carbocycles. The molecular weight excluding hydrogens is 334 g/mol. The fourth-order valence-electron chi connectivity index (χ4n) is 3.38. The Morgan fingerprint density at radius 1 is 0.960 bits per heavy atom. The molecule has 2 aromatic rings. The molecule has 0 unspecified atom stereocenters. The van der Waals surface area contributed by atoms with Gasteiger partial charge >= 0.3 is 0 Å². The van der Waals surface area contributed by atoms with Gasteiger partial charge in [0.05, 0.1) is 5.69 Å². The highest BCUT2D eigenvalue weighted by molar-refractivity contribution is 7.99. The second-order valence-corrected chi connectivity index (χ2v) is 7.32. The predicted octanol–water partition coefficient (Wildman–Crippen LogP) is 2.91. The summed E-state index contributed by atoms with van der Waals surface area (Å²) < 4.78 is 11.5. The first kappa shape index (κ1) is 15.1. The van der Waals surface area contributed by atoms with Crippen molar-refractivity contribution >= 4 is 23.3 Å². The van der Waals surface area contributed by atoms with Gasteiger partial charge in [0.15, 0.2) is 11.5 Å². The largest absolute Gasteiger partial charge is 0.486 e. The van der Waals surface area contributed by atoms with Crippen LogP contribution in [0.1, 0.15) is 5.56 Å². The molecule has 5 nitrogen and oxygen atoms in total. The molecular formula is C19H19N3O2S. The number of benzene rings is 2. The van der Waals surface area contributed by atoms with Crippen molar-refractivity contribution in [2.45, 2.75) is 9.79 Å². The van der Waals surface area contributed by atoms with E-state index < -0.39 is 0 Å². The maximum absolute atomic E-state index is 5.76. The lowest BCUT2D eigenvalue weighted by Crippen LogP contribution is -2.46. The van der Waals surface area contributed by atoms with Crippen LogP contribution in [-0.2, 0) is 0 Å². The SMILES string of the molecule is c1ccc2c(c1)Sc1cc3c(cc1N=C2N1CCNCC1)OCCO3. The highest BCUT2D eigenvalue weighted by Gasteiger charge is 2.25. The first-order chi connectivity index (χ1) is 12.4. The topological polar surface area (TPSA) is 46.1 Å². The first-order valence-corrected chi connectivity index (χ1v) is 9.45. The number of piperazine rings is 1. The Morgan fingerprint density at radius 2 is 1.72 bits per heavy atom. The van der Waals surface area contributed by atoms with Crippen molar-refractivity contribution in [1.29, 1.82) is 0 Å². The second kappa shape index (κ2) is 6.28. The average molecular weight is 353 g/mol. The molecule has 0 amide bonds. The molecule has 6 heteroatoms. The molecule has 0 atom stereocenters. The van der Waals surface area contributed by atoms with Gasteiger partial charge in [0.2, 0.25) is 0 Å². The van der Waals surface area contributed by atoms with Crippen LogP contribution in [0, 0.1) is 0 Å². The van der Waals surface area contributed by atoms with Gasteiger partial charge in [-0.2, -0.15) is 0 Å². The summed E-state index contributed by atoms with van der Waals surface area (Å²) in [6.07, 6.45) is 0. The number of rotatable bonds is 0. The Labute approximate surface area is 151 Å². The molecule has 0 aromatic heterocycles. The van der Waals surface area contributed by atoms with Crippen LogP contribution in [0.5, 0.6) is 11.5 Å². The monoisotopic (exact) mass is 353 g/mol. The van der Waals surface area contributed by atoms with Gasteiger partial charge in [-0.05, 0) is 6.07 Å². The molecule has 1 saturated heterocycles. The third-order valence-electron chi connectivity index (χ3n) is 4.61. The van der Waals surface area contributed by atoms with E-state index in [1.165, 1.54) is 10.5 Å². The van der Waals surface area contributed by atoms with Gasteiger partial charge in [-0.25, -0.2) is 4.99 Å². The zero-order chi connectivity index (χ0) is 16.6. The number of aliphatic imine (C=N–C) groups is 1. The number of fused-ring (bicyclic) bond motifs is 3. The second-order valence-electron chi connectivity index (χ2n) is 6.23. The third kappa shape index (κ3) is 2.75. The molecule has 5 rings (SSSR count). The van der Waals surface area contributed by atoms with E-state index >= 15 is 0 Å². The zero-order valence-electron chi connectivity index (χ0n) is 13.8. The summed E-state index contributed by atoms with van der Waals surface area (Å²) in [5.41, 5.74) is 2.16. The Kier molecular flexibility index (Phi) is 3.79. The molecule has 128 valence electrons. The van der Waals surface area contributed by atoms with Crippen LogP contribution < -0.4 is 14.8 Å². The quantitative estimate of drug-likeness (QED) is 0.789. The van der Waals surface area contributed by atoms with Gasteiger partial charge in [-0.3, -0.25) is 0 Å². The standard InChI is InChI=1S/C19H19N3O2S/c1-2-4-17-13(3-1)19(22-7-5-20-6-8-22)21-14-11-15-16(12-18(14)25-17)24-10-9-23-15/h1-4,11-12,20H,5-10H2. The third-order valence-corrected chi connectivity index (χ3v) is 5.74. The number of hydrogen-bond acceptors (Lipinski definition) is 6. The number of amidine groups is 1. The number of hydrogen-bond donors (Lipinski definition) is 1. The summed E-state index contributed by atoms with van der Waals surface area (Å²) in [6, 6.07) is 12.6. The predicted molar refractivity (Wildman–Crippen MR) is 98.6 cm³/mol. The van der Waals surface area contributed by atoms with Crippen LogP contribution in [0.25, 0.3) is 0 Å². The van der Waals surface area contributed by atoms with E-state index in [0.29, 0.717) is 13.2 Å². The van der Waals surface area contributed by atoms with E-state index in [1.54, 1.807) is 11.8 Å². The molecule has 0 spiro atoms. The van der Waals surface area contributed by atoms with Gasteiger partial charge < -0.3 is 19.7 Å². The Bertz CT molecular complexity index is 847. The van der Waals surface area contributed by atoms with Crippen LogP contribution in [0.4, 0.5) is 5.69 Å². The Balaban J connectivity index is 1.66. The van der Waals surface area contributed by atoms with Gasteiger partial charge in [0.1, 0.15) is 19.0 Å². The lowest BCUT2D eigenvalue weighted by molar-refractivity contribution is 0.171. The van der Waals surface area contributed by atoms with E-state index in [4.69, 9.17) is 14.5 Å². The van der Waals surface area contributed by atoms with Crippen molar-refractivity contribution in [1.82, 2.24) is 10.2 Å². The van der Waals surface area contributed by atoms with E-state index in [2.05, 4.69) is 40.5 Å². The molecule has 1 N–H and O–H groups in total. The van der Waals surface area contributed by atoms with Crippen LogP contribution in [0.15, 0.2) is 51.2 Å². The van der Waals surface area contributed by atoms with Crippen LogP contribution in [0.3, 0.4) is 0 Å². The minimum Gasteiger partial charge on any atom is -0.486 e. The lowest BCUT2D eigenvalue weighted by atomic mass is 10.1. The van der Waals surface area contributed by atoms with Crippen LogP contribution in [0.2, 0.25) is 0 Å². The summed E-state index contributed by atoms with van der Waals surface area (Å²) >= 11 is 1.75. The summed E-state index contributed by atoms with van der Waals surface area (Å²) in [4.78, 5) is 9.79. The number of nitrogens with zero attached hydrogens (tertiary/aromatic N) is 2. The molecule has 2 aromatic carbocycles. The highest BCUT2D eigenvalue weighted by atomic mass is 32.2. The maximum atomic E-state index is 5.76. The fourth-order valence-corrected chi connectivity index (χ4v) is 4.41. The molecule has 3 aliphatic rings. The smallest absolute Gasteiger partial charge is 0.163 e. The Morgan fingerprint density at radius 3 is 2.56 bits per heavy atom. The Hall–Kier alpha value is -2.18.